The molecular formula is C43H65N9O15. The number of carbonyl (C=O) groups is 8. The van der Waals surface area contributed by atoms with E-state index in [4.69, 9.17) is 5.11 Å². The zero-order chi connectivity index (χ0) is 49.3. The summed E-state index contributed by atoms with van der Waals surface area (Å²) in [6.07, 6.45) is 0.583. The molecule has 372 valence electrons. The summed E-state index contributed by atoms with van der Waals surface area (Å²) in [5.41, 5.74) is 0.653. The number of hydrogen-bond donors (Lipinski definition) is 10. The highest BCUT2D eigenvalue weighted by molar-refractivity contribution is 5.87. The van der Waals surface area contributed by atoms with Crippen molar-refractivity contribution in [2.75, 3.05) is 91.6 Å². The van der Waals surface area contributed by atoms with Gasteiger partial charge in [0.25, 0.3) is 0 Å². The number of pyridine rings is 1. The fourth-order valence-electron chi connectivity index (χ4n) is 7.47. The zero-order valence-electron chi connectivity index (χ0n) is 37.5. The number of nitrogens with one attached hydrogen (secondary N) is 3. The lowest BCUT2D eigenvalue weighted by Crippen LogP contribution is -2.51. The largest absolute Gasteiger partial charge is 0.481 e. The smallest absolute Gasteiger partial charge is 0.326 e. The Bertz CT molecular complexity index is 1950. The first-order chi connectivity index (χ1) is 31.9. The Hall–Kier alpha value is -6.05. The van der Waals surface area contributed by atoms with E-state index in [1.54, 1.807) is 25.8 Å². The molecule has 0 aliphatic carbocycles. The molecule has 24 nitrogen and oxygen atoms in total. The fourth-order valence-corrected chi connectivity index (χ4v) is 7.47. The van der Waals surface area contributed by atoms with E-state index in [0.717, 1.165) is 10.8 Å². The average molecular weight is 948 g/mol. The predicted molar refractivity (Wildman–Crippen MR) is 239 cm³/mol. The molecule has 1 aliphatic rings. The van der Waals surface area contributed by atoms with Crippen LogP contribution in [-0.2, 0) is 40.1 Å². The third kappa shape index (κ3) is 22.3. The second kappa shape index (κ2) is 29.6. The van der Waals surface area contributed by atoms with E-state index in [1.807, 2.05) is 35.2 Å². The van der Waals surface area contributed by atoms with Crippen LogP contribution in [0.4, 0.5) is 4.79 Å². The average Bonchev–Trinajstić information content (AvgIpc) is 3.25. The van der Waals surface area contributed by atoms with Gasteiger partial charge in [-0.25, -0.2) is 14.4 Å². The van der Waals surface area contributed by atoms with Crippen LogP contribution >= 0.6 is 0 Å². The molecule has 4 amide bonds. The van der Waals surface area contributed by atoms with Gasteiger partial charge in [0.15, 0.2) is 6.29 Å². The van der Waals surface area contributed by atoms with Gasteiger partial charge in [-0.2, -0.15) is 0 Å². The molecule has 2 heterocycles. The summed E-state index contributed by atoms with van der Waals surface area (Å²) in [6.45, 7) is 2.28. The quantitative estimate of drug-likeness (QED) is 0.0371. The van der Waals surface area contributed by atoms with Crippen molar-refractivity contribution in [1.29, 1.82) is 0 Å². The molecule has 2 aromatic rings. The molecule has 0 radical (unpaired) electrons. The van der Waals surface area contributed by atoms with Crippen molar-refractivity contribution in [3.63, 3.8) is 0 Å². The standard InChI is InChI=1S/C43H65N9O15/c53-35(26-48-17-19-49(27-38(57)58)21-23-51(29-40(61)62)24-22-50(20-18-48)28-39(59)60)45-14-5-3-10-36(54)52(25-34-31-8-2-1-7-30(31)13-15-44-34)16-6-4-9-32(41(63)64)46-43(67)47-33(42(65)66)11-12-37(55)56/h1-2,7-8,13,15,32-33,38,57-58H,3-6,9-12,14,16-29H2,(H,45,53)(H,55,56)(H,59,60)(H,61,62)(H,63,64)(H,65,66)(H2,46,47,67)/t32-,33-/m0/s1. The second-order valence-corrected chi connectivity index (χ2v) is 16.3. The van der Waals surface area contributed by atoms with Crippen LogP contribution < -0.4 is 16.0 Å². The van der Waals surface area contributed by atoms with Gasteiger partial charge in [0.1, 0.15) is 12.1 Å². The van der Waals surface area contributed by atoms with E-state index in [-0.39, 0.29) is 103 Å². The number of urea groups is 1. The number of carboxylic acid groups (broad SMARTS) is 5. The maximum Gasteiger partial charge on any atom is 0.326 e. The Kier molecular flexibility index (Phi) is 24.4. The van der Waals surface area contributed by atoms with Gasteiger partial charge in [0.05, 0.1) is 31.9 Å². The number of hydrogen-bond acceptors (Lipinski definition) is 15. The summed E-state index contributed by atoms with van der Waals surface area (Å²) in [7, 11) is 0. The van der Waals surface area contributed by atoms with Crippen molar-refractivity contribution in [1.82, 2.24) is 45.4 Å². The molecule has 1 aliphatic heterocycles. The molecule has 1 aromatic heterocycles. The van der Waals surface area contributed by atoms with E-state index < -0.39 is 67.1 Å². The Morgan fingerprint density at radius 2 is 1.18 bits per heavy atom. The topological polar surface area (TPSA) is 343 Å². The van der Waals surface area contributed by atoms with Crippen molar-refractivity contribution in [2.45, 2.75) is 76.3 Å². The van der Waals surface area contributed by atoms with Crippen LogP contribution in [0.1, 0.15) is 57.1 Å². The molecule has 0 bridgehead atoms. The summed E-state index contributed by atoms with van der Waals surface area (Å²) in [4.78, 5) is 110. The van der Waals surface area contributed by atoms with Crippen molar-refractivity contribution < 1.29 is 74.1 Å². The fraction of sp³-hybridized carbons (Fsp3) is 0.605. The van der Waals surface area contributed by atoms with Gasteiger partial charge >= 0.3 is 35.9 Å². The van der Waals surface area contributed by atoms with Crippen molar-refractivity contribution >= 4 is 58.5 Å². The molecule has 1 fully saturated rings. The number of carbonyl (C=O) groups excluding carboxylic acids is 3. The summed E-state index contributed by atoms with van der Waals surface area (Å²) in [5, 5.41) is 75.2. The first-order valence-electron chi connectivity index (χ1n) is 22.2. The third-order valence-corrected chi connectivity index (χ3v) is 11.0. The molecule has 67 heavy (non-hydrogen) atoms. The van der Waals surface area contributed by atoms with Gasteiger partial charge in [0, 0.05) is 96.4 Å². The van der Waals surface area contributed by atoms with Crippen molar-refractivity contribution in [3.05, 3.63) is 42.2 Å². The van der Waals surface area contributed by atoms with E-state index in [9.17, 15) is 69.0 Å². The van der Waals surface area contributed by atoms with E-state index in [0.29, 0.717) is 51.1 Å². The van der Waals surface area contributed by atoms with Crippen LogP contribution in [0.15, 0.2) is 36.5 Å². The first-order valence-corrected chi connectivity index (χ1v) is 22.2. The number of carboxylic acids is 5. The lowest BCUT2D eigenvalue weighted by Gasteiger charge is -2.33. The summed E-state index contributed by atoms with van der Waals surface area (Å²) in [5.74, 6) is -6.71. The predicted octanol–water partition coefficient (Wildman–Crippen LogP) is -1.21. The van der Waals surface area contributed by atoms with Crippen LogP contribution in [0.2, 0.25) is 0 Å². The van der Waals surface area contributed by atoms with Gasteiger partial charge in [-0.05, 0) is 50.0 Å². The molecule has 1 aromatic carbocycles. The van der Waals surface area contributed by atoms with E-state index >= 15 is 0 Å². The highest BCUT2D eigenvalue weighted by Crippen LogP contribution is 2.19. The van der Waals surface area contributed by atoms with Crippen LogP contribution in [0, 0.1) is 0 Å². The van der Waals surface area contributed by atoms with Gasteiger partial charge in [-0.3, -0.25) is 48.6 Å². The van der Waals surface area contributed by atoms with Crippen LogP contribution in [-0.4, -0.2) is 223 Å². The minimum absolute atomic E-state index is 0.0368. The Morgan fingerprint density at radius 1 is 0.627 bits per heavy atom. The normalized spacial score (nSPS) is 15.7. The highest BCUT2D eigenvalue weighted by Gasteiger charge is 2.26. The lowest BCUT2D eigenvalue weighted by molar-refractivity contribution is -0.141. The summed E-state index contributed by atoms with van der Waals surface area (Å²) >= 11 is 0. The van der Waals surface area contributed by atoms with E-state index in [2.05, 4.69) is 20.9 Å². The van der Waals surface area contributed by atoms with Gasteiger partial charge < -0.3 is 56.6 Å². The molecule has 0 unspecified atom stereocenters. The number of rotatable bonds is 27. The zero-order valence-corrected chi connectivity index (χ0v) is 37.5. The Labute approximate surface area is 387 Å². The molecule has 1 saturated heterocycles. The molecule has 0 saturated carbocycles. The number of β-amino-alcohol motifs (C(OH)–C–C–N with tert-alkyl or cyclic N) is 2. The van der Waals surface area contributed by atoms with Gasteiger partial charge in [-0.15, -0.1) is 0 Å². The molecule has 0 spiro atoms. The number of fused-ring (bicyclic) bond motifs is 1. The third-order valence-electron chi connectivity index (χ3n) is 11.0. The molecule has 24 heteroatoms. The SMILES string of the molecule is O=C(O)CC[C@H](NC(=O)N[C@@H](CCCCN(Cc1nccc2ccccc12)C(=O)CCCCNC(=O)CN1CCN(CC(=O)O)CCN(CC(=O)O)CCN(CC(O)O)CC1)C(=O)O)C(=O)O. The van der Waals surface area contributed by atoms with Gasteiger partial charge in [0.2, 0.25) is 11.8 Å². The minimum Gasteiger partial charge on any atom is -0.481 e. The molecular weight excluding hydrogens is 883 g/mol. The number of aliphatic hydroxyl groups excluding tert-OH is 1. The molecule has 10 N–H and O–H groups in total. The number of aromatic nitrogens is 1. The van der Waals surface area contributed by atoms with Crippen molar-refractivity contribution in [3.8, 4) is 0 Å². The first kappa shape index (κ1) is 55.3. The van der Waals surface area contributed by atoms with Crippen LogP contribution in [0.3, 0.4) is 0 Å². The number of aliphatic hydroxyl groups is 2. The number of amides is 4. The monoisotopic (exact) mass is 947 g/mol. The Balaban J connectivity index is 1.58. The molecule has 2 atom stereocenters. The number of nitrogens with zero attached hydrogens (tertiary/aromatic N) is 6. The lowest BCUT2D eigenvalue weighted by atomic mass is 10.1. The molecule has 3 rings (SSSR count). The minimum atomic E-state index is -1.64. The number of aliphatic carboxylic acids is 5. The van der Waals surface area contributed by atoms with Crippen molar-refractivity contribution in [2.24, 2.45) is 0 Å². The maximum absolute atomic E-state index is 13.7. The Morgan fingerprint density at radius 3 is 1.73 bits per heavy atom. The van der Waals surface area contributed by atoms with Crippen LogP contribution in [0.25, 0.3) is 10.8 Å². The summed E-state index contributed by atoms with van der Waals surface area (Å²) < 4.78 is 0. The number of unbranched alkanes of at least 4 members (excludes halogenated alkanes) is 2. The highest BCUT2D eigenvalue weighted by atomic mass is 16.5. The summed E-state index contributed by atoms with van der Waals surface area (Å²) in [6, 6.07) is 5.37. The van der Waals surface area contributed by atoms with Crippen LogP contribution in [0.5, 0.6) is 0 Å². The van der Waals surface area contributed by atoms with Gasteiger partial charge in [-0.1, -0.05) is 24.3 Å². The second-order valence-electron chi connectivity index (χ2n) is 16.3. The van der Waals surface area contributed by atoms with E-state index in [1.165, 1.54) is 0 Å². The maximum atomic E-state index is 13.7. The number of benzene rings is 1.